The van der Waals surface area contributed by atoms with Crippen LogP contribution in [0.25, 0.3) is 0 Å². The molecule has 0 radical (unpaired) electrons. The van der Waals surface area contributed by atoms with E-state index >= 15 is 0 Å². The lowest BCUT2D eigenvalue weighted by Gasteiger charge is -2.23. The summed E-state index contributed by atoms with van der Waals surface area (Å²) in [6.07, 6.45) is 1.09. The van der Waals surface area contributed by atoms with Crippen molar-refractivity contribution in [1.82, 2.24) is 4.90 Å². The third kappa shape index (κ3) is 4.09. The number of para-hydroxylation sites is 1. The van der Waals surface area contributed by atoms with Crippen molar-refractivity contribution in [2.75, 3.05) is 37.8 Å². The van der Waals surface area contributed by atoms with Gasteiger partial charge in [0.2, 0.25) is 0 Å². The van der Waals surface area contributed by atoms with E-state index < -0.39 is 0 Å². The summed E-state index contributed by atoms with van der Waals surface area (Å²) in [5, 5.41) is 17.2. The zero-order valence-electron chi connectivity index (χ0n) is 12.6. The Labute approximate surface area is 120 Å². The summed E-state index contributed by atoms with van der Waals surface area (Å²) in [4.78, 5) is 13.1. The second-order valence-corrected chi connectivity index (χ2v) is 4.87. The van der Waals surface area contributed by atoms with Crippen LogP contribution in [0.1, 0.15) is 20.3 Å². The van der Waals surface area contributed by atoms with E-state index in [1.54, 1.807) is 25.2 Å². The van der Waals surface area contributed by atoms with Crippen molar-refractivity contribution in [3.63, 3.8) is 0 Å². The number of anilines is 2. The van der Waals surface area contributed by atoms with Crippen LogP contribution in [0.5, 0.6) is 0 Å². The van der Waals surface area contributed by atoms with Crippen LogP contribution in [0, 0.1) is 10.1 Å². The van der Waals surface area contributed by atoms with Gasteiger partial charge in [0, 0.05) is 26.2 Å². The average molecular weight is 280 g/mol. The Balaban J connectivity index is 2.71. The van der Waals surface area contributed by atoms with E-state index in [-0.39, 0.29) is 10.6 Å². The van der Waals surface area contributed by atoms with Gasteiger partial charge in [0.1, 0.15) is 11.4 Å². The Morgan fingerprint density at radius 1 is 1.40 bits per heavy atom. The first-order chi connectivity index (χ1) is 9.51. The van der Waals surface area contributed by atoms with Crippen molar-refractivity contribution in [1.29, 1.82) is 0 Å². The molecule has 1 aromatic carbocycles. The van der Waals surface area contributed by atoms with Gasteiger partial charge >= 0.3 is 5.69 Å². The monoisotopic (exact) mass is 280 g/mol. The molecule has 0 aliphatic rings. The standard InChI is InChI=1S/C14H24N4O2/c1-5-11(2)17(4)10-9-16-13-8-6-7-12(15-3)14(13)18(19)20/h6-8,11,15-16H,5,9-10H2,1-4H3. The van der Waals surface area contributed by atoms with Crippen LogP contribution >= 0.6 is 0 Å². The fraction of sp³-hybridized carbons (Fsp3) is 0.571. The fourth-order valence-corrected chi connectivity index (χ4v) is 1.98. The van der Waals surface area contributed by atoms with Gasteiger partial charge in [-0.2, -0.15) is 0 Å². The van der Waals surface area contributed by atoms with Crippen LogP contribution in [0.15, 0.2) is 18.2 Å². The quantitative estimate of drug-likeness (QED) is 0.566. The lowest BCUT2D eigenvalue weighted by atomic mass is 10.2. The van der Waals surface area contributed by atoms with E-state index in [1.165, 1.54) is 0 Å². The summed E-state index contributed by atoms with van der Waals surface area (Å²) in [6, 6.07) is 5.76. The summed E-state index contributed by atoms with van der Waals surface area (Å²) in [7, 11) is 3.75. The van der Waals surface area contributed by atoms with Gasteiger partial charge in [-0.3, -0.25) is 10.1 Å². The Morgan fingerprint density at radius 2 is 2.05 bits per heavy atom. The molecule has 0 aliphatic heterocycles. The summed E-state index contributed by atoms with van der Waals surface area (Å²) in [5.74, 6) is 0. The summed E-state index contributed by atoms with van der Waals surface area (Å²) >= 11 is 0. The summed E-state index contributed by atoms with van der Waals surface area (Å²) in [5.41, 5.74) is 1.18. The molecule has 1 rings (SSSR count). The molecular weight excluding hydrogens is 256 g/mol. The molecular formula is C14H24N4O2. The molecule has 0 bridgehead atoms. The Bertz CT molecular complexity index is 451. The molecule has 2 N–H and O–H groups in total. The smallest absolute Gasteiger partial charge is 0.315 e. The van der Waals surface area contributed by atoms with E-state index in [2.05, 4.69) is 36.4 Å². The van der Waals surface area contributed by atoms with Gasteiger partial charge in [-0.05, 0) is 32.5 Å². The van der Waals surface area contributed by atoms with Gasteiger partial charge in [-0.25, -0.2) is 0 Å². The highest BCUT2D eigenvalue weighted by molar-refractivity contribution is 5.75. The van der Waals surface area contributed by atoms with Crippen molar-refractivity contribution < 1.29 is 4.92 Å². The molecule has 0 heterocycles. The van der Waals surface area contributed by atoms with E-state index in [1.807, 2.05) is 0 Å². The highest BCUT2D eigenvalue weighted by Crippen LogP contribution is 2.32. The topological polar surface area (TPSA) is 70.4 Å². The minimum atomic E-state index is -0.355. The largest absolute Gasteiger partial charge is 0.382 e. The lowest BCUT2D eigenvalue weighted by molar-refractivity contribution is -0.383. The first-order valence-corrected chi connectivity index (χ1v) is 6.90. The fourth-order valence-electron chi connectivity index (χ4n) is 1.98. The third-order valence-electron chi connectivity index (χ3n) is 3.61. The van der Waals surface area contributed by atoms with Crippen molar-refractivity contribution in [2.24, 2.45) is 0 Å². The molecule has 112 valence electrons. The maximum Gasteiger partial charge on any atom is 0.315 e. The Hall–Kier alpha value is -1.82. The van der Waals surface area contributed by atoms with Gasteiger partial charge in [0.25, 0.3) is 0 Å². The second-order valence-electron chi connectivity index (χ2n) is 4.87. The highest BCUT2D eigenvalue weighted by Gasteiger charge is 2.18. The molecule has 6 nitrogen and oxygen atoms in total. The van der Waals surface area contributed by atoms with Crippen molar-refractivity contribution in [3.8, 4) is 0 Å². The Kier molecular flexibility index (Phi) is 6.24. The maximum atomic E-state index is 11.2. The molecule has 0 saturated carbocycles. The van der Waals surface area contributed by atoms with Crippen LogP contribution in [-0.2, 0) is 0 Å². The van der Waals surface area contributed by atoms with Crippen LogP contribution in [0.4, 0.5) is 17.1 Å². The molecule has 1 unspecified atom stereocenters. The van der Waals surface area contributed by atoms with Gasteiger partial charge in [-0.1, -0.05) is 13.0 Å². The van der Waals surface area contributed by atoms with Crippen LogP contribution in [-0.4, -0.2) is 43.0 Å². The SMILES string of the molecule is CCC(C)N(C)CCNc1cccc(NC)c1[N+](=O)[O-]. The lowest BCUT2D eigenvalue weighted by Crippen LogP contribution is -2.32. The van der Waals surface area contributed by atoms with Gasteiger partial charge in [0.15, 0.2) is 0 Å². The number of nitrogens with one attached hydrogen (secondary N) is 2. The number of nitro groups is 1. The van der Waals surface area contributed by atoms with Gasteiger partial charge in [-0.15, -0.1) is 0 Å². The molecule has 20 heavy (non-hydrogen) atoms. The molecule has 1 aromatic rings. The number of nitrogens with zero attached hydrogens (tertiary/aromatic N) is 2. The average Bonchev–Trinajstić information content (AvgIpc) is 2.45. The van der Waals surface area contributed by atoms with E-state index in [0.717, 1.165) is 13.0 Å². The number of rotatable bonds is 8. The number of benzene rings is 1. The number of hydrogen-bond donors (Lipinski definition) is 2. The highest BCUT2D eigenvalue weighted by atomic mass is 16.6. The van der Waals surface area contributed by atoms with Crippen molar-refractivity contribution in [2.45, 2.75) is 26.3 Å². The van der Waals surface area contributed by atoms with Crippen molar-refractivity contribution in [3.05, 3.63) is 28.3 Å². The molecule has 0 spiro atoms. The molecule has 1 atom stereocenters. The minimum absolute atomic E-state index is 0.0983. The molecule has 6 heteroatoms. The van der Waals surface area contributed by atoms with E-state index in [9.17, 15) is 10.1 Å². The Morgan fingerprint density at radius 3 is 2.60 bits per heavy atom. The predicted molar refractivity (Wildman–Crippen MR) is 83.5 cm³/mol. The van der Waals surface area contributed by atoms with Gasteiger partial charge in [0.05, 0.1) is 4.92 Å². The van der Waals surface area contributed by atoms with Crippen LogP contribution in [0.2, 0.25) is 0 Å². The number of nitro benzene ring substituents is 1. The third-order valence-corrected chi connectivity index (χ3v) is 3.61. The van der Waals surface area contributed by atoms with Gasteiger partial charge < -0.3 is 15.5 Å². The van der Waals surface area contributed by atoms with E-state index in [0.29, 0.717) is 24.0 Å². The molecule has 0 fully saturated rings. The number of hydrogen-bond acceptors (Lipinski definition) is 5. The zero-order valence-corrected chi connectivity index (χ0v) is 12.6. The van der Waals surface area contributed by atoms with E-state index in [4.69, 9.17) is 0 Å². The van der Waals surface area contributed by atoms with Crippen molar-refractivity contribution >= 4 is 17.1 Å². The zero-order chi connectivity index (χ0) is 15.1. The molecule has 0 aliphatic carbocycles. The molecule has 0 saturated heterocycles. The maximum absolute atomic E-state index is 11.2. The normalized spacial score (nSPS) is 12.2. The first-order valence-electron chi connectivity index (χ1n) is 6.90. The number of likely N-dealkylation sites (N-methyl/N-ethyl adjacent to an activating group) is 1. The molecule has 0 amide bonds. The molecule has 0 aromatic heterocycles. The summed E-state index contributed by atoms with van der Waals surface area (Å²) < 4.78 is 0. The summed E-state index contributed by atoms with van der Waals surface area (Å²) in [6.45, 7) is 5.84. The van der Waals surface area contributed by atoms with Crippen LogP contribution in [0.3, 0.4) is 0 Å². The minimum Gasteiger partial charge on any atom is -0.382 e. The van der Waals surface area contributed by atoms with Crippen LogP contribution < -0.4 is 10.6 Å². The predicted octanol–water partition coefficient (Wildman–Crippen LogP) is 2.78. The second kappa shape index (κ2) is 7.69. The first kappa shape index (κ1) is 16.2.